The van der Waals surface area contributed by atoms with E-state index in [0.717, 1.165) is 11.1 Å². The molecule has 0 aliphatic carbocycles. The van der Waals surface area contributed by atoms with Gasteiger partial charge < -0.3 is 15.2 Å². The van der Waals surface area contributed by atoms with E-state index >= 15 is 0 Å². The molecule has 0 saturated heterocycles. The number of nitrogens with two attached hydrogens (primary N) is 1. The number of nitrogens with zero attached hydrogens (tertiary/aromatic N) is 1. The van der Waals surface area contributed by atoms with Gasteiger partial charge in [-0.1, -0.05) is 35.9 Å². The molecule has 2 N–H and O–H groups in total. The summed E-state index contributed by atoms with van der Waals surface area (Å²) in [5.74, 6) is -0.726. The van der Waals surface area contributed by atoms with Crippen molar-refractivity contribution in [3.8, 4) is 5.88 Å². The summed E-state index contributed by atoms with van der Waals surface area (Å²) in [5.41, 5.74) is 7.09. The third kappa shape index (κ3) is 5.46. The molecule has 0 spiro atoms. The number of esters is 1. The number of hydrogen-bond donors (Lipinski definition) is 1. The Morgan fingerprint density at radius 3 is 2.52 bits per heavy atom. The Hall–Kier alpha value is -2.60. The fraction of sp³-hybridized carbons (Fsp3) is 0.278. The van der Waals surface area contributed by atoms with Crippen LogP contribution in [0.5, 0.6) is 5.88 Å². The Morgan fingerprint density at radius 2 is 1.92 bits per heavy atom. The van der Waals surface area contributed by atoms with Gasteiger partial charge in [-0.25, -0.2) is 9.78 Å². The number of aromatic nitrogens is 1. The molecule has 2 aromatic rings. The predicted octanol–water partition coefficient (Wildman–Crippen LogP) is 2.91. The largest absolute Gasteiger partial charge is 0.472 e. The Morgan fingerprint density at radius 1 is 1.24 bits per heavy atom. The number of pyridine rings is 1. The summed E-state index contributed by atoms with van der Waals surface area (Å²) in [5, 5.41) is 0.200. The first kappa shape index (κ1) is 18.7. The number of carbonyl (C=O) groups is 2. The van der Waals surface area contributed by atoms with Crippen molar-refractivity contribution in [3.05, 3.63) is 58.2 Å². The van der Waals surface area contributed by atoms with E-state index in [-0.39, 0.29) is 35.6 Å². The number of primary amides is 1. The van der Waals surface area contributed by atoms with Gasteiger partial charge in [-0.2, -0.15) is 0 Å². The first-order valence-corrected chi connectivity index (χ1v) is 8.09. The second kappa shape index (κ2) is 8.48. The Bertz CT molecular complexity index is 777. The molecular weight excluding hydrogens is 344 g/mol. The lowest BCUT2D eigenvalue weighted by molar-refractivity contribution is -0.117. The minimum Gasteiger partial charge on any atom is -0.472 e. The number of rotatable bonds is 7. The lowest BCUT2D eigenvalue weighted by Crippen LogP contribution is -2.15. The summed E-state index contributed by atoms with van der Waals surface area (Å²) in [4.78, 5) is 27.0. The van der Waals surface area contributed by atoms with Crippen molar-refractivity contribution in [1.29, 1.82) is 0 Å². The maximum atomic E-state index is 11.8. The van der Waals surface area contributed by atoms with Gasteiger partial charge in [-0.3, -0.25) is 4.79 Å². The van der Waals surface area contributed by atoms with Crippen LogP contribution in [0.1, 0.15) is 35.3 Å². The minimum absolute atomic E-state index is 0.126. The molecule has 132 valence electrons. The van der Waals surface area contributed by atoms with E-state index < -0.39 is 11.9 Å². The van der Waals surface area contributed by atoms with E-state index in [1.54, 1.807) is 13.8 Å². The van der Waals surface area contributed by atoms with E-state index in [1.165, 1.54) is 12.3 Å². The van der Waals surface area contributed by atoms with Crippen LogP contribution in [0, 0.1) is 0 Å². The van der Waals surface area contributed by atoms with E-state index in [4.69, 9.17) is 26.8 Å². The zero-order valence-electron chi connectivity index (χ0n) is 14.0. The SMILES string of the molecule is CC(C)OC(=O)c1cnc(OCc2ccccc2CC(N)=O)c(Cl)c1. The van der Waals surface area contributed by atoms with Crippen LogP contribution in [-0.4, -0.2) is 23.0 Å². The molecule has 1 aromatic heterocycles. The van der Waals surface area contributed by atoms with Crippen LogP contribution in [0.15, 0.2) is 36.5 Å². The second-order valence-electron chi connectivity index (χ2n) is 5.67. The van der Waals surface area contributed by atoms with Crippen molar-refractivity contribution in [1.82, 2.24) is 4.98 Å². The molecule has 0 unspecified atom stereocenters. The topological polar surface area (TPSA) is 91.5 Å². The first-order chi connectivity index (χ1) is 11.9. The van der Waals surface area contributed by atoms with Gasteiger partial charge in [0.2, 0.25) is 11.8 Å². The van der Waals surface area contributed by atoms with E-state index in [1.807, 2.05) is 24.3 Å². The third-order valence-electron chi connectivity index (χ3n) is 3.23. The van der Waals surface area contributed by atoms with Gasteiger partial charge in [0, 0.05) is 6.20 Å². The van der Waals surface area contributed by atoms with Crippen molar-refractivity contribution in [2.75, 3.05) is 0 Å². The fourth-order valence-corrected chi connectivity index (χ4v) is 2.35. The van der Waals surface area contributed by atoms with Gasteiger partial charge in [0.1, 0.15) is 11.6 Å². The lowest BCUT2D eigenvalue weighted by Gasteiger charge is -2.12. The third-order valence-corrected chi connectivity index (χ3v) is 3.50. The minimum atomic E-state index is -0.497. The van der Waals surface area contributed by atoms with Gasteiger partial charge in [-0.05, 0) is 31.0 Å². The van der Waals surface area contributed by atoms with Crippen molar-refractivity contribution < 1.29 is 19.1 Å². The highest BCUT2D eigenvalue weighted by molar-refractivity contribution is 6.32. The molecule has 0 aliphatic rings. The zero-order valence-corrected chi connectivity index (χ0v) is 14.7. The van der Waals surface area contributed by atoms with Crippen molar-refractivity contribution in [2.45, 2.75) is 33.0 Å². The molecule has 25 heavy (non-hydrogen) atoms. The summed E-state index contributed by atoms with van der Waals surface area (Å²) in [6, 6.07) is 8.75. The molecule has 0 bridgehead atoms. The predicted molar refractivity (Wildman–Crippen MR) is 93.5 cm³/mol. The Labute approximate surface area is 150 Å². The van der Waals surface area contributed by atoms with Crippen LogP contribution in [0.25, 0.3) is 0 Å². The first-order valence-electron chi connectivity index (χ1n) is 7.71. The van der Waals surface area contributed by atoms with Crippen molar-refractivity contribution in [3.63, 3.8) is 0 Å². The van der Waals surface area contributed by atoms with Crippen molar-refractivity contribution in [2.24, 2.45) is 5.73 Å². The number of halogens is 1. The highest BCUT2D eigenvalue weighted by atomic mass is 35.5. The van der Waals surface area contributed by atoms with Crippen LogP contribution < -0.4 is 10.5 Å². The molecular formula is C18H19ClN2O4. The summed E-state index contributed by atoms with van der Waals surface area (Å²) in [6.45, 7) is 3.69. The van der Waals surface area contributed by atoms with Crippen LogP contribution >= 0.6 is 11.6 Å². The molecule has 1 amide bonds. The average Bonchev–Trinajstić information content (AvgIpc) is 2.53. The summed E-state index contributed by atoms with van der Waals surface area (Å²) in [7, 11) is 0. The second-order valence-corrected chi connectivity index (χ2v) is 6.07. The Balaban J connectivity index is 2.09. The highest BCUT2D eigenvalue weighted by Gasteiger charge is 2.14. The summed E-state index contributed by atoms with van der Waals surface area (Å²) in [6.07, 6.45) is 1.24. The molecule has 1 heterocycles. The zero-order chi connectivity index (χ0) is 18.4. The molecule has 2 rings (SSSR count). The molecule has 6 nitrogen and oxygen atoms in total. The lowest BCUT2D eigenvalue weighted by atomic mass is 10.1. The van der Waals surface area contributed by atoms with Gasteiger partial charge in [-0.15, -0.1) is 0 Å². The molecule has 1 aromatic carbocycles. The number of ether oxygens (including phenoxy) is 2. The molecule has 7 heteroatoms. The van der Waals surface area contributed by atoms with E-state index in [0.29, 0.717) is 0 Å². The normalized spacial score (nSPS) is 10.6. The fourth-order valence-electron chi connectivity index (χ4n) is 2.13. The maximum absolute atomic E-state index is 11.8. The summed E-state index contributed by atoms with van der Waals surface area (Å²) >= 11 is 6.13. The molecule has 0 saturated carbocycles. The van der Waals surface area contributed by atoms with Crippen molar-refractivity contribution >= 4 is 23.5 Å². The van der Waals surface area contributed by atoms with Crippen LogP contribution in [0.3, 0.4) is 0 Å². The standard InChI is InChI=1S/C18H19ClN2O4/c1-11(2)25-18(23)14-7-15(19)17(21-9-14)24-10-13-6-4-3-5-12(13)8-16(20)22/h3-7,9,11H,8,10H2,1-2H3,(H2,20,22). The number of carbonyl (C=O) groups excluding carboxylic acids is 2. The highest BCUT2D eigenvalue weighted by Crippen LogP contribution is 2.24. The quantitative estimate of drug-likeness (QED) is 0.764. The average molecular weight is 363 g/mol. The molecule has 0 radical (unpaired) electrons. The van der Waals surface area contributed by atoms with E-state index in [2.05, 4.69) is 4.98 Å². The molecule has 0 atom stereocenters. The molecule has 0 aliphatic heterocycles. The van der Waals surface area contributed by atoms with Crippen LogP contribution in [-0.2, 0) is 22.6 Å². The number of hydrogen-bond acceptors (Lipinski definition) is 5. The van der Waals surface area contributed by atoms with Gasteiger partial charge >= 0.3 is 5.97 Å². The van der Waals surface area contributed by atoms with E-state index in [9.17, 15) is 9.59 Å². The molecule has 0 fully saturated rings. The Kier molecular flexibility index (Phi) is 6.36. The number of benzene rings is 1. The maximum Gasteiger partial charge on any atom is 0.340 e. The van der Waals surface area contributed by atoms with Gasteiger partial charge in [0.15, 0.2) is 0 Å². The summed E-state index contributed by atoms with van der Waals surface area (Å²) < 4.78 is 10.7. The van der Waals surface area contributed by atoms with Gasteiger partial charge in [0.05, 0.1) is 18.1 Å². The van der Waals surface area contributed by atoms with Gasteiger partial charge in [0.25, 0.3) is 0 Å². The van der Waals surface area contributed by atoms with Crippen LogP contribution in [0.4, 0.5) is 0 Å². The van der Waals surface area contributed by atoms with Crippen LogP contribution in [0.2, 0.25) is 5.02 Å². The monoisotopic (exact) mass is 362 g/mol. The smallest absolute Gasteiger partial charge is 0.340 e. The number of amides is 1.